The highest BCUT2D eigenvalue weighted by atomic mass is 32.2. The molecule has 0 bridgehead atoms. The number of piperazine rings is 1. The molecule has 1 N–H and O–H groups in total. The Morgan fingerprint density at radius 1 is 1.23 bits per heavy atom. The van der Waals surface area contributed by atoms with Crippen LogP contribution in [-0.4, -0.2) is 71.0 Å². The molecule has 1 saturated heterocycles. The molecular formula is C24H28F2N8O3S2. The number of rotatable bonds is 8. The first-order valence-electron chi connectivity index (χ1n) is 12.6. The van der Waals surface area contributed by atoms with Crippen LogP contribution in [0.1, 0.15) is 44.5 Å². The highest BCUT2D eigenvalue weighted by Crippen LogP contribution is 2.41. The van der Waals surface area contributed by atoms with Crippen LogP contribution < -0.4 is 9.62 Å². The van der Waals surface area contributed by atoms with Gasteiger partial charge >= 0.3 is 0 Å². The van der Waals surface area contributed by atoms with E-state index in [1.165, 1.54) is 6.07 Å². The van der Waals surface area contributed by atoms with E-state index in [9.17, 15) is 22.0 Å². The summed E-state index contributed by atoms with van der Waals surface area (Å²) in [5.41, 5.74) is 0.285. The summed E-state index contributed by atoms with van der Waals surface area (Å²) in [6.45, 7) is 13.1. The zero-order valence-electron chi connectivity index (χ0n) is 21.7. The first-order chi connectivity index (χ1) is 18.5. The van der Waals surface area contributed by atoms with Gasteiger partial charge in [0.25, 0.3) is 12.1 Å². The van der Waals surface area contributed by atoms with Gasteiger partial charge in [-0.25, -0.2) is 23.8 Å². The van der Waals surface area contributed by atoms with E-state index in [4.69, 9.17) is 6.57 Å². The van der Waals surface area contributed by atoms with Gasteiger partial charge in [0, 0.05) is 44.5 Å². The number of aryl methyl sites for hydroxylation is 1. The van der Waals surface area contributed by atoms with Crippen LogP contribution >= 0.6 is 11.3 Å². The predicted octanol–water partition coefficient (Wildman–Crippen LogP) is 3.41. The molecule has 2 aromatic heterocycles. The highest BCUT2D eigenvalue weighted by Gasteiger charge is 2.54. The molecule has 3 heterocycles. The lowest BCUT2D eigenvalue weighted by Gasteiger charge is -2.37. The summed E-state index contributed by atoms with van der Waals surface area (Å²) in [4.78, 5) is 19.9. The third-order valence-corrected chi connectivity index (χ3v) is 9.70. The number of amides is 1. The van der Waals surface area contributed by atoms with Gasteiger partial charge < -0.3 is 9.80 Å². The van der Waals surface area contributed by atoms with Crippen molar-refractivity contribution in [2.75, 3.05) is 31.1 Å². The van der Waals surface area contributed by atoms with Crippen LogP contribution in [0.3, 0.4) is 0 Å². The molecular weight excluding hydrogens is 550 g/mol. The molecule has 2 fully saturated rings. The van der Waals surface area contributed by atoms with Crippen LogP contribution in [0.5, 0.6) is 0 Å². The number of nitrogens with zero attached hydrogens (tertiary/aromatic N) is 7. The number of carbonyl (C=O) groups excluding carboxylic acids is 1. The van der Waals surface area contributed by atoms with Crippen LogP contribution in [-0.2, 0) is 21.9 Å². The first kappa shape index (κ1) is 27.4. The average molecular weight is 579 g/mol. The molecule has 1 aliphatic carbocycles. The van der Waals surface area contributed by atoms with Gasteiger partial charge in [0.2, 0.25) is 15.9 Å². The predicted molar refractivity (Wildman–Crippen MR) is 142 cm³/mol. The molecule has 0 spiro atoms. The van der Waals surface area contributed by atoms with Gasteiger partial charge in [0.1, 0.15) is 5.69 Å². The highest BCUT2D eigenvalue weighted by molar-refractivity contribution is 7.89. The van der Waals surface area contributed by atoms with E-state index in [2.05, 4.69) is 24.9 Å². The second-order valence-corrected chi connectivity index (χ2v) is 12.6. The van der Waals surface area contributed by atoms with Gasteiger partial charge in [-0.2, -0.15) is 5.10 Å². The fourth-order valence-corrected chi connectivity index (χ4v) is 6.76. The molecule has 1 saturated carbocycles. The number of hydrogen-bond acceptors (Lipinski definition) is 8. The number of hydrogen-bond donors (Lipinski definition) is 1. The Morgan fingerprint density at radius 2 is 1.92 bits per heavy atom. The number of alkyl halides is 2. The Morgan fingerprint density at radius 3 is 2.49 bits per heavy atom. The van der Waals surface area contributed by atoms with E-state index in [-0.39, 0.29) is 27.4 Å². The molecule has 1 unspecified atom stereocenters. The number of anilines is 1. The number of benzene rings is 1. The van der Waals surface area contributed by atoms with Crippen LogP contribution in [0.2, 0.25) is 0 Å². The molecule has 1 aliphatic heterocycles. The van der Waals surface area contributed by atoms with Crippen molar-refractivity contribution < 1.29 is 22.0 Å². The first-order valence-corrected chi connectivity index (χ1v) is 14.9. The number of carbonyl (C=O) groups is 1. The minimum Gasteiger partial charge on any atom is -0.366 e. The fourth-order valence-electron chi connectivity index (χ4n) is 4.66. The molecule has 0 radical (unpaired) electrons. The fraction of sp³-hybridized carbons (Fsp3) is 0.542. The van der Waals surface area contributed by atoms with E-state index < -0.39 is 27.1 Å². The second-order valence-electron chi connectivity index (χ2n) is 9.93. The maximum absolute atomic E-state index is 13.4. The Hall–Kier alpha value is -3.22. The standard InChI is InChI=1S/C24H28F2N8O3S2/c1-5-14(2)23(35)34-10-8-33(9-11-34)17-13-15(39(36,37)31-24(27-3)6-7-24)12-16-18(30-32(4)19(16)17)21-28-29-22(38-21)20(25)26/h12-14,20,31H,5-11H2,1-2,4H3. The van der Waals surface area contributed by atoms with Crippen molar-refractivity contribution in [3.8, 4) is 10.7 Å². The number of halogens is 2. The summed E-state index contributed by atoms with van der Waals surface area (Å²) in [6, 6.07) is 2.99. The number of fused-ring (bicyclic) bond motifs is 1. The van der Waals surface area contributed by atoms with Crippen molar-refractivity contribution in [2.24, 2.45) is 13.0 Å². The summed E-state index contributed by atoms with van der Waals surface area (Å²) in [6.07, 6.45) is -1.19. The molecule has 39 heavy (non-hydrogen) atoms. The molecule has 15 heteroatoms. The molecule has 1 aromatic carbocycles. The zero-order chi connectivity index (χ0) is 28.1. The van der Waals surface area contributed by atoms with E-state index >= 15 is 0 Å². The van der Waals surface area contributed by atoms with Crippen molar-refractivity contribution in [1.29, 1.82) is 0 Å². The zero-order valence-corrected chi connectivity index (χ0v) is 23.3. The van der Waals surface area contributed by atoms with Gasteiger partial charge in [-0.3, -0.25) is 14.3 Å². The molecule has 1 atom stereocenters. The molecule has 208 valence electrons. The van der Waals surface area contributed by atoms with Crippen LogP contribution in [0.25, 0.3) is 26.4 Å². The molecule has 2 aliphatic rings. The molecule has 3 aromatic rings. The van der Waals surface area contributed by atoms with Crippen LogP contribution in [0.15, 0.2) is 17.0 Å². The third-order valence-electron chi connectivity index (χ3n) is 7.26. The maximum atomic E-state index is 13.4. The van der Waals surface area contributed by atoms with Crippen LogP contribution in [0, 0.1) is 12.5 Å². The monoisotopic (exact) mass is 578 g/mol. The number of sulfonamides is 1. The van der Waals surface area contributed by atoms with Crippen molar-refractivity contribution >= 4 is 43.9 Å². The Labute approximate surface area is 228 Å². The van der Waals surface area contributed by atoms with Crippen molar-refractivity contribution in [1.82, 2.24) is 29.6 Å². The smallest absolute Gasteiger partial charge is 0.299 e. The molecule has 1 amide bonds. The van der Waals surface area contributed by atoms with Crippen molar-refractivity contribution in [2.45, 2.75) is 50.1 Å². The van der Waals surface area contributed by atoms with Gasteiger partial charge in [-0.05, 0) is 18.6 Å². The number of nitrogens with one attached hydrogen (secondary N) is 1. The largest absolute Gasteiger partial charge is 0.366 e. The average Bonchev–Trinajstić information content (AvgIpc) is 3.35. The van der Waals surface area contributed by atoms with E-state index in [1.807, 2.05) is 23.6 Å². The molecule has 11 nitrogen and oxygen atoms in total. The topological polar surface area (TPSA) is 118 Å². The Balaban J connectivity index is 1.59. The van der Waals surface area contributed by atoms with Crippen molar-refractivity contribution in [3.63, 3.8) is 0 Å². The minimum absolute atomic E-state index is 0.0640. The third kappa shape index (κ3) is 5.08. The summed E-state index contributed by atoms with van der Waals surface area (Å²) in [5, 5.41) is 12.1. The van der Waals surface area contributed by atoms with E-state index in [1.54, 1.807) is 17.8 Å². The van der Waals surface area contributed by atoms with E-state index in [0.717, 1.165) is 6.42 Å². The lowest BCUT2D eigenvalue weighted by molar-refractivity contribution is -0.135. The summed E-state index contributed by atoms with van der Waals surface area (Å²) in [5.74, 6) is 0.00953. The van der Waals surface area contributed by atoms with Gasteiger partial charge in [0.15, 0.2) is 10.0 Å². The summed E-state index contributed by atoms with van der Waals surface area (Å²) < 4.78 is 57.5. The van der Waals surface area contributed by atoms with Gasteiger partial charge in [-0.15, -0.1) is 14.9 Å². The normalized spacial score (nSPS) is 18.0. The maximum Gasteiger partial charge on any atom is 0.299 e. The quantitative estimate of drug-likeness (QED) is 0.407. The Kier molecular flexibility index (Phi) is 7.06. The SMILES string of the molecule is [C-]#[N+]C1(NS(=O)(=O)c2cc(N3CCN(C(=O)C(C)CC)CC3)c3c(c2)c(-c2nnc(C(F)F)s2)nn3C)CC1. The van der Waals surface area contributed by atoms with Crippen LogP contribution in [0.4, 0.5) is 14.5 Å². The lowest BCUT2D eigenvalue weighted by atomic mass is 10.1. The Bertz CT molecular complexity index is 1570. The summed E-state index contributed by atoms with van der Waals surface area (Å²) in [7, 11) is -2.41. The minimum atomic E-state index is -4.10. The van der Waals surface area contributed by atoms with Crippen molar-refractivity contribution in [3.05, 3.63) is 28.6 Å². The number of aromatic nitrogens is 4. The van der Waals surface area contributed by atoms with Gasteiger partial charge in [0.05, 0.1) is 28.9 Å². The summed E-state index contributed by atoms with van der Waals surface area (Å²) >= 11 is 0.698. The van der Waals surface area contributed by atoms with Gasteiger partial charge in [-0.1, -0.05) is 25.2 Å². The lowest BCUT2D eigenvalue weighted by Crippen LogP contribution is -2.50. The van der Waals surface area contributed by atoms with E-state index in [0.29, 0.717) is 66.9 Å². The molecule has 5 rings (SSSR count). The second kappa shape index (κ2) is 10.1.